The molecule has 0 fully saturated rings. The van der Waals surface area contributed by atoms with Gasteiger partial charge in [-0.15, -0.1) is 0 Å². The average Bonchev–Trinajstić information content (AvgIpc) is 1.96. The van der Waals surface area contributed by atoms with Gasteiger partial charge in [0.05, 0.1) is 11.1 Å². The molecule has 0 spiro atoms. The van der Waals surface area contributed by atoms with Crippen molar-refractivity contribution in [1.29, 1.82) is 0 Å². The van der Waals surface area contributed by atoms with E-state index in [2.05, 4.69) is 0 Å². The number of rotatable bonds is 4. The number of carbonyl (C=O) groups is 2. The van der Waals surface area contributed by atoms with Gasteiger partial charge in [-0.05, 0) is 11.8 Å². The number of aliphatic carboxylic acids is 2. The van der Waals surface area contributed by atoms with Crippen molar-refractivity contribution < 1.29 is 19.8 Å². The van der Waals surface area contributed by atoms with Crippen LogP contribution in [0.4, 0.5) is 0 Å². The first-order valence-corrected chi connectivity index (χ1v) is 4.49. The van der Waals surface area contributed by atoms with Gasteiger partial charge in [-0.3, -0.25) is 0 Å². The van der Waals surface area contributed by atoms with Crippen molar-refractivity contribution in [3.05, 3.63) is 11.1 Å². The van der Waals surface area contributed by atoms with Crippen molar-refractivity contribution in [3.63, 3.8) is 0 Å². The molecule has 0 aliphatic rings. The summed E-state index contributed by atoms with van der Waals surface area (Å²) >= 11 is 0. The Labute approximate surface area is 140 Å². The van der Waals surface area contributed by atoms with Crippen LogP contribution in [0.3, 0.4) is 0 Å². The molecule has 0 rings (SSSR count). The molecule has 0 bridgehead atoms. The van der Waals surface area contributed by atoms with Crippen molar-refractivity contribution in [2.75, 3.05) is 0 Å². The predicted octanol–water partition coefficient (Wildman–Crippen LogP) is 0.467. The van der Waals surface area contributed by atoms with E-state index in [0.29, 0.717) is 0 Å². The van der Waals surface area contributed by atoms with Gasteiger partial charge in [0.15, 0.2) is 0 Å². The summed E-state index contributed by atoms with van der Waals surface area (Å²) < 4.78 is 0. The van der Waals surface area contributed by atoms with E-state index in [4.69, 9.17) is 10.2 Å². The van der Waals surface area contributed by atoms with Crippen LogP contribution in [-0.2, 0) is 9.59 Å². The quantitative estimate of drug-likeness (QED) is 0.560. The van der Waals surface area contributed by atoms with Crippen LogP contribution in [0, 0.1) is 11.8 Å². The molecular formula is C10H18Na2O4. The summed E-state index contributed by atoms with van der Waals surface area (Å²) in [4.78, 5) is 21.7. The SMILES string of the molecule is CC(C)/C(C(=O)O)=C(/C(=O)O)C(C)C.[NaH].[NaH]. The molecule has 84 valence electrons. The van der Waals surface area contributed by atoms with Gasteiger partial charge in [0.2, 0.25) is 0 Å². The summed E-state index contributed by atoms with van der Waals surface area (Å²) in [7, 11) is 0. The number of hydrogen-bond acceptors (Lipinski definition) is 2. The Morgan fingerprint density at radius 3 is 1.00 bits per heavy atom. The summed E-state index contributed by atoms with van der Waals surface area (Å²) in [6.45, 7) is 6.70. The Hall–Kier alpha value is 0.680. The molecule has 0 saturated heterocycles. The monoisotopic (exact) mass is 248 g/mol. The minimum absolute atomic E-state index is 0. The molecule has 0 saturated carbocycles. The third-order valence-corrected chi connectivity index (χ3v) is 1.91. The molecule has 6 heteroatoms. The number of hydrogen-bond donors (Lipinski definition) is 2. The van der Waals surface area contributed by atoms with E-state index in [9.17, 15) is 9.59 Å². The fourth-order valence-electron chi connectivity index (χ4n) is 1.35. The van der Waals surface area contributed by atoms with Gasteiger partial charge in [0, 0.05) is 0 Å². The molecule has 0 amide bonds. The third-order valence-electron chi connectivity index (χ3n) is 1.91. The predicted molar refractivity (Wildman–Crippen MR) is 66.3 cm³/mol. The molecule has 0 aromatic carbocycles. The van der Waals surface area contributed by atoms with Crippen molar-refractivity contribution in [2.24, 2.45) is 11.8 Å². The number of carboxylic acid groups (broad SMARTS) is 2. The molecule has 0 unspecified atom stereocenters. The molecule has 4 nitrogen and oxygen atoms in total. The zero-order valence-electron chi connectivity index (χ0n) is 8.87. The summed E-state index contributed by atoms with van der Waals surface area (Å²) in [5.74, 6) is -2.88. The van der Waals surface area contributed by atoms with Crippen LogP contribution in [0.25, 0.3) is 0 Å². The van der Waals surface area contributed by atoms with Gasteiger partial charge in [0.1, 0.15) is 0 Å². The molecule has 16 heavy (non-hydrogen) atoms. The number of carboxylic acids is 2. The standard InChI is InChI=1S/C10H16O4.2Na.2H/c1-5(2)7(9(11)12)8(6(3)4)10(13)14;;;;/h5-6H,1-4H3,(H,11,12)(H,13,14);;;;/b8-7-;;;;. The van der Waals surface area contributed by atoms with Crippen LogP contribution in [0.15, 0.2) is 11.1 Å². The molecular weight excluding hydrogens is 230 g/mol. The van der Waals surface area contributed by atoms with Gasteiger partial charge < -0.3 is 10.2 Å². The van der Waals surface area contributed by atoms with Crippen molar-refractivity contribution >= 4 is 71.1 Å². The first kappa shape index (κ1) is 21.9. The van der Waals surface area contributed by atoms with Gasteiger partial charge in [0.25, 0.3) is 0 Å². The van der Waals surface area contributed by atoms with Gasteiger partial charge >= 0.3 is 71.1 Å². The van der Waals surface area contributed by atoms with Crippen molar-refractivity contribution in [2.45, 2.75) is 27.7 Å². The summed E-state index contributed by atoms with van der Waals surface area (Å²) in [5.41, 5.74) is -0.0139. The second-order valence-corrected chi connectivity index (χ2v) is 3.75. The Bertz CT molecular complexity index is 255. The molecule has 0 heterocycles. The fourth-order valence-corrected chi connectivity index (χ4v) is 1.35. The van der Waals surface area contributed by atoms with E-state index in [1.165, 1.54) is 0 Å². The molecule has 0 atom stereocenters. The first-order chi connectivity index (χ1) is 6.29. The first-order valence-electron chi connectivity index (χ1n) is 4.49. The zero-order valence-corrected chi connectivity index (χ0v) is 8.87. The Morgan fingerprint density at radius 2 is 0.938 bits per heavy atom. The molecule has 0 aliphatic heterocycles. The molecule has 2 N–H and O–H groups in total. The van der Waals surface area contributed by atoms with E-state index in [0.717, 1.165) is 0 Å². The van der Waals surface area contributed by atoms with Crippen LogP contribution in [0.2, 0.25) is 0 Å². The summed E-state index contributed by atoms with van der Waals surface area (Å²) in [6.07, 6.45) is 0. The minimum atomic E-state index is -1.15. The van der Waals surface area contributed by atoms with Crippen LogP contribution >= 0.6 is 0 Å². The van der Waals surface area contributed by atoms with E-state index in [1.807, 2.05) is 0 Å². The molecule has 0 aliphatic carbocycles. The Morgan fingerprint density at radius 1 is 0.750 bits per heavy atom. The normalized spacial score (nSPS) is 11.4. The molecule has 0 aromatic rings. The fraction of sp³-hybridized carbons (Fsp3) is 0.600. The van der Waals surface area contributed by atoms with Crippen LogP contribution in [-0.4, -0.2) is 81.3 Å². The van der Waals surface area contributed by atoms with Crippen molar-refractivity contribution in [3.8, 4) is 0 Å². The van der Waals surface area contributed by atoms with Crippen LogP contribution in [0.5, 0.6) is 0 Å². The summed E-state index contributed by atoms with van der Waals surface area (Å²) in [6, 6.07) is 0. The van der Waals surface area contributed by atoms with E-state index in [-0.39, 0.29) is 82.1 Å². The Kier molecular flexibility index (Phi) is 13.3. The van der Waals surface area contributed by atoms with Gasteiger partial charge in [-0.1, -0.05) is 27.7 Å². The molecule has 0 radical (unpaired) electrons. The van der Waals surface area contributed by atoms with Gasteiger partial charge in [-0.25, -0.2) is 9.59 Å². The zero-order chi connectivity index (χ0) is 11.5. The average molecular weight is 248 g/mol. The van der Waals surface area contributed by atoms with E-state index in [1.54, 1.807) is 27.7 Å². The second-order valence-electron chi connectivity index (χ2n) is 3.75. The van der Waals surface area contributed by atoms with E-state index >= 15 is 0 Å². The van der Waals surface area contributed by atoms with Crippen LogP contribution < -0.4 is 0 Å². The molecule has 0 aromatic heterocycles. The maximum absolute atomic E-state index is 10.9. The Balaban J connectivity index is -0.000000845. The third kappa shape index (κ3) is 6.42. The maximum atomic E-state index is 10.9. The van der Waals surface area contributed by atoms with Crippen molar-refractivity contribution in [1.82, 2.24) is 0 Å². The second kappa shape index (κ2) is 9.68. The van der Waals surface area contributed by atoms with Crippen LogP contribution in [0.1, 0.15) is 27.7 Å². The van der Waals surface area contributed by atoms with Gasteiger partial charge in [-0.2, -0.15) is 0 Å². The summed E-state index contributed by atoms with van der Waals surface area (Å²) in [5, 5.41) is 17.8. The van der Waals surface area contributed by atoms with E-state index < -0.39 is 11.9 Å². The topological polar surface area (TPSA) is 74.6 Å².